The third-order valence-corrected chi connectivity index (χ3v) is 14.2. The Hall–Kier alpha value is -9.02. The second-order valence-corrected chi connectivity index (χ2v) is 21.3. The molecular formula is C56H52N12O7S. The predicted molar refractivity (Wildman–Crippen MR) is 284 cm³/mol. The van der Waals surface area contributed by atoms with Gasteiger partial charge in [-0.05, 0) is 88.4 Å². The van der Waals surface area contributed by atoms with Crippen molar-refractivity contribution in [2.75, 3.05) is 62.3 Å². The third-order valence-electron chi connectivity index (χ3n) is 12.3. The van der Waals surface area contributed by atoms with E-state index in [-0.39, 0.29) is 24.2 Å². The first-order valence-corrected chi connectivity index (χ1v) is 25.5. The van der Waals surface area contributed by atoms with E-state index in [4.69, 9.17) is 27.1 Å². The van der Waals surface area contributed by atoms with Crippen LogP contribution in [-0.2, 0) is 10.0 Å². The van der Waals surface area contributed by atoms with Gasteiger partial charge in [0, 0.05) is 78.7 Å². The number of sulfonamides is 1. The van der Waals surface area contributed by atoms with Crippen LogP contribution in [0.5, 0.6) is 17.2 Å². The summed E-state index contributed by atoms with van der Waals surface area (Å²) in [5.74, 6) is 8.26. The molecule has 0 atom stereocenters. The van der Waals surface area contributed by atoms with Gasteiger partial charge in [0.15, 0.2) is 0 Å². The van der Waals surface area contributed by atoms with Crippen molar-refractivity contribution in [3.63, 3.8) is 0 Å². The number of fused-ring (bicyclic) bond motifs is 2. The van der Waals surface area contributed by atoms with Crippen molar-refractivity contribution < 1.29 is 32.8 Å². The lowest BCUT2D eigenvalue weighted by molar-refractivity contribution is 0.0280. The minimum absolute atomic E-state index is 0.0358. The molecular weight excluding hydrogens is 985 g/mol. The lowest BCUT2D eigenvalue weighted by Gasteiger charge is -2.39. The highest BCUT2D eigenvalue weighted by atomic mass is 32.2. The van der Waals surface area contributed by atoms with Gasteiger partial charge in [-0.15, -0.1) is 12.8 Å². The summed E-state index contributed by atoms with van der Waals surface area (Å²) in [5, 5.41) is 47.9. The van der Waals surface area contributed by atoms with Crippen molar-refractivity contribution in [2.45, 2.75) is 49.9 Å². The lowest BCUT2D eigenvalue weighted by atomic mass is 10.0. The highest BCUT2D eigenvalue weighted by molar-refractivity contribution is 7.89. The van der Waals surface area contributed by atoms with Gasteiger partial charge in [-0.1, -0.05) is 17.9 Å². The molecule has 0 saturated carbocycles. The molecule has 9 heterocycles. The Bertz CT molecular complexity index is 3710. The molecule has 10 rings (SSSR count). The second kappa shape index (κ2) is 21.4. The number of aromatic nitrogens is 7. The predicted octanol–water partition coefficient (Wildman–Crippen LogP) is 5.97. The molecule has 384 valence electrons. The van der Waals surface area contributed by atoms with Crippen LogP contribution in [0.3, 0.4) is 0 Å². The summed E-state index contributed by atoms with van der Waals surface area (Å²) >= 11 is 0. The Kier molecular flexibility index (Phi) is 14.6. The molecule has 0 unspecified atom stereocenters. The van der Waals surface area contributed by atoms with Crippen LogP contribution in [0.1, 0.15) is 50.1 Å². The largest absolute Gasteiger partial charge is 0.489 e. The molecule has 0 amide bonds. The summed E-state index contributed by atoms with van der Waals surface area (Å²) in [7, 11) is -3.65. The molecule has 19 nitrogen and oxygen atoms in total. The average Bonchev–Trinajstić information content (AvgIpc) is 4.07. The van der Waals surface area contributed by atoms with E-state index in [1.165, 1.54) is 22.8 Å². The molecule has 2 N–H and O–H groups in total. The van der Waals surface area contributed by atoms with Gasteiger partial charge in [0.25, 0.3) is 0 Å². The Morgan fingerprint density at radius 2 is 1.22 bits per heavy atom. The van der Waals surface area contributed by atoms with Crippen molar-refractivity contribution in [1.29, 1.82) is 10.5 Å². The monoisotopic (exact) mass is 1040 g/mol. The van der Waals surface area contributed by atoms with Crippen molar-refractivity contribution >= 4 is 32.7 Å². The molecule has 1 aromatic carbocycles. The van der Waals surface area contributed by atoms with Gasteiger partial charge in [-0.25, -0.2) is 32.4 Å². The molecule has 0 spiro atoms. The topological polar surface area (TPSA) is 233 Å². The van der Waals surface area contributed by atoms with E-state index in [1.54, 1.807) is 104 Å². The standard InChI is InChI=1S/C29H28N6O4S.C27H24N6O3/c1-4-21-6-5-7-25(14-21)40(37,38)34-12-10-33(11-13-34)27-9-8-22(17-31-27)26-15-24(39-20-29(2,3)36)19-35-28(26)23(16-30)18-32-35;1-4-20-9-21(7-8-29-20)36-23-14-32(15-23)25-6-5-18(12-30-25)24-10-22(35-17-27(2,3)34)16-33-26(24)19(11-28)13-31-33/h1,5-9,14-15,17-19,36H,10-13,20H2,2-3H3;1,5-10,12-13,16,23,34H,14-15,17H2,2-3H3. The summed E-state index contributed by atoms with van der Waals surface area (Å²) in [4.78, 5) is 17.7. The molecule has 0 aliphatic carbocycles. The van der Waals surface area contributed by atoms with Crippen LogP contribution in [0.15, 0.2) is 121 Å². The number of piperazine rings is 1. The zero-order chi connectivity index (χ0) is 53.8. The molecule has 2 aliphatic heterocycles. The third kappa shape index (κ3) is 11.7. The lowest BCUT2D eigenvalue weighted by Crippen LogP contribution is -2.54. The van der Waals surface area contributed by atoms with Crippen LogP contribution < -0.4 is 24.0 Å². The molecule has 8 aromatic rings. The molecule has 0 bridgehead atoms. The van der Waals surface area contributed by atoms with E-state index < -0.39 is 21.2 Å². The maximum Gasteiger partial charge on any atom is 0.243 e. The Labute approximate surface area is 439 Å². The van der Waals surface area contributed by atoms with Gasteiger partial charge in [-0.3, -0.25) is 0 Å². The zero-order valence-electron chi connectivity index (χ0n) is 42.1. The zero-order valence-corrected chi connectivity index (χ0v) is 42.9. The summed E-state index contributed by atoms with van der Waals surface area (Å²) in [6.45, 7) is 9.84. The fourth-order valence-corrected chi connectivity index (χ4v) is 9.92. The van der Waals surface area contributed by atoms with Crippen molar-refractivity contribution in [2.24, 2.45) is 0 Å². The Morgan fingerprint density at radius 1 is 0.671 bits per heavy atom. The summed E-state index contributed by atoms with van der Waals surface area (Å²) in [6.07, 6.45) is 22.4. The first-order valence-electron chi connectivity index (χ1n) is 24.0. The van der Waals surface area contributed by atoms with Gasteiger partial charge < -0.3 is 34.2 Å². The van der Waals surface area contributed by atoms with Crippen LogP contribution >= 0.6 is 0 Å². The van der Waals surface area contributed by atoms with Crippen molar-refractivity contribution in [3.05, 3.63) is 139 Å². The number of hydrogen-bond acceptors (Lipinski definition) is 16. The van der Waals surface area contributed by atoms with Gasteiger partial charge >= 0.3 is 0 Å². The maximum absolute atomic E-state index is 13.1. The first-order chi connectivity index (χ1) is 36.4. The number of hydrogen-bond donors (Lipinski definition) is 2. The van der Waals surface area contributed by atoms with E-state index in [1.807, 2.05) is 35.2 Å². The second-order valence-electron chi connectivity index (χ2n) is 19.3. The molecule has 2 saturated heterocycles. The summed E-state index contributed by atoms with van der Waals surface area (Å²) in [6, 6.07) is 25.7. The molecule has 7 aromatic heterocycles. The van der Waals surface area contributed by atoms with Gasteiger partial charge in [0.05, 0.1) is 76.1 Å². The normalized spacial score (nSPS) is 14.1. The van der Waals surface area contributed by atoms with Crippen LogP contribution in [0.4, 0.5) is 11.6 Å². The number of rotatable bonds is 14. The SMILES string of the molecule is C#Cc1cc(OC2CN(c3ccc(-c4cc(OCC(C)(C)O)cn5ncc(C#N)c45)cn3)C2)ccn1.C#Cc1cccc(S(=O)(=O)N2CCN(c3ccc(-c4cc(OCC(C)(C)O)cn5ncc(C#N)c45)cn3)CC2)c1. The fourth-order valence-electron chi connectivity index (χ4n) is 8.45. The Balaban J connectivity index is 0.000000187. The van der Waals surface area contributed by atoms with Gasteiger partial charge in [-0.2, -0.15) is 25.0 Å². The molecule has 20 heteroatoms. The number of nitriles is 2. The van der Waals surface area contributed by atoms with E-state index in [9.17, 15) is 29.2 Å². The van der Waals surface area contributed by atoms with Crippen LogP contribution in [0, 0.1) is 47.3 Å². The average molecular weight is 1040 g/mol. The van der Waals surface area contributed by atoms with Crippen molar-refractivity contribution in [3.8, 4) is 76.3 Å². The summed E-state index contributed by atoms with van der Waals surface area (Å²) < 4.78 is 48.5. The number of aliphatic hydroxyl groups is 2. The highest BCUT2D eigenvalue weighted by Crippen LogP contribution is 2.34. The molecule has 2 fully saturated rings. The molecule has 76 heavy (non-hydrogen) atoms. The van der Waals surface area contributed by atoms with Gasteiger partial charge in [0.2, 0.25) is 10.0 Å². The smallest absolute Gasteiger partial charge is 0.243 e. The number of nitrogens with zero attached hydrogens (tertiary/aromatic N) is 12. The van der Waals surface area contributed by atoms with E-state index in [0.29, 0.717) is 95.5 Å². The van der Waals surface area contributed by atoms with Crippen LogP contribution in [0.2, 0.25) is 0 Å². The fraction of sp³-hybridized carbons (Fsp3) is 0.268. The Morgan fingerprint density at radius 3 is 1.71 bits per heavy atom. The highest BCUT2D eigenvalue weighted by Gasteiger charge is 2.31. The van der Waals surface area contributed by atoms with Gasteiger partial charge in [0.1, 0.15) is 66.0 Å². The van der Waals surface area contributed by atoms with Crippen molar-refractivity contribution in [1.82, 2.24) is 38.5 Å². The minimum atomic E-state index is -3.65. The number of ether oxygens (including phenoxy) is 3. The number of pyridine rings is 5. The number of terminal acetylenes is 2. The minimum Gasteiger partial charge on any atom is -0.489 e. The number of benzene rings is 1. The van der Waals surface area contributed by atoms with E-state index >= 15 is 0 Å². The van der Waals surface area contributed by atoms with E-state index in [2.05, 4.69) is 54.0 Å². The van der Waals surface area contributed by atoms with Crippen LogP contribution in [0.25, 0.3) is 33.3 Å². The first kappa shape index (κ1) is 51.9. The quantitative estimate of drug-likeness (QED) is 0.119. The van der Waals surface area contributed by atoms with E-state index in [0.717, 1.165) is 28.3 Å². The summed E-state index contributed by atoms with van der Waals surface area (Å²) in [5.41, 5.74) is 4.29. The van der Waals surface area contributed by atoms with Crippen LogP contribution in [-0.4, -0.2) is 127 Å². The molecule has 2 aliphatic rings. The number of anilines is 2. The maximum atomic E-state index is 13.1. The molecule has 0 radical (unpaired) electrons.